The molecule has 1 saturated carbocycles. The molecule has 1 aliphatic carbocycles. The van der Waals surface area contributed by atoms with Crippen molar-refractivity contribution in [3.8, 4) is 11.4 Å². The Bertz CT molecular complexity index is 641. The molecule has 1 heterocycles. The molecule has 1 aromatic heterocycles. The Morgan fingerprint density at radius 3 is 2.80 bits per heavy atom. The van der Waals surface area contributed by atoms with Gasteiger partial charge in [-0.25, -0.2) is 9.97 Å². The number of nitrogens with one attached hydrogen (secondary N) is 1. The van der Waals surface area contributed by atoms with Gasteiger partial charge in [0.2, 0.25) is 0 Å². The van der Waals surface area contributed by atoms with Crippen molar-refractivity contribution in [2.75, 3.05) is 11.9 Å². The van der Waals surface area contributed by atoms with Crippen molar-refractivity contribution in [3.63, 3.8) is 0 Å². The summed E-state index contributed by atoms with van der Waals surface area (Å²) in [6.45, 7) is 2.96. The molecule has 0 radical (unpaired) electrons. The number of anilines is 1. The lowest BCUT2D eigenvalue weighted by molar-refractivity contribution is 0.972. The predicted molar refractivity (Wildman–Crippen MR) is 94.0 cm³/mol. The second-order valence-electron chi connectivity index (χ2n) is 4.91. The minimum Gasteiger partial charge on any atom is -0.369 e. The van der Waals surface area contributed by atoms with Gasteiger partial charge in [-0.2, -0.15) is 0 Å². The zero-order chi connectivity index (χ0) is 14.1. The molecule has 0 aliphatic heterocycles. The highest BCUT2D eigenvalue weighted by Gasteiger charge is 2.29. The second kappa shape index (κ2) is 5.97. The number of hydrogen-bond acceptors (Lipinski definition) is 3. The predicted octanol–water partition coefficient (Wildman–Crippen LogP) is 4.82. The summed E-state index contributed by atoms with van der Waals surface area (Å²) >= 11 is 5.88. The van der Waals surface area contributed by atoms with Crippen LogP contribution in [0.25, 0.3) is 11.4 Å². The standard InChI is InChI=1S/C15H15BrIN3/c1-2-18-15-12(17)13(9-6-7-9)19-14(20-15)10-4-3-5-11(16)8-10/h3-5,8-9H,2,6-7H2,1H3,(H,18,19,20). The Balaban J connectivity index is 2.10. The van der Waals surface area contributed by atoms with Crippen LogP contribution in [-0.2, 0) is 0 Å². The first-order valence-corrected chi connectivity index (χ1v) is 8.63. The van der Waals surface area contributed by atoms with E-state index in [4.69, 9.17) is 9.97 Å². The number of rotatable bonds is 4. The fraction of sp³-hybridized carbons (Fsp3) is 0.333. The zero-order valence-corrected chi connectivity index (χ0v) is 14.9. The van der Waals surface area contributed by atoms with Crippen molar-refractivity contribution in [2.45, 2.75) is 25.7 Å². The van der Waals surface area contributed by atoms with E-state index in [1.165, 1.54) is 22.1 Å². The topological polar surface area (TPSA) is 37.8 Å². The quantitative estimate of drug-likeness (QED) is 0.688. The van der Waals surface area contributed by atoms with Crippen LogP contribution in [0.5, 0.6) is 0 Å². The maximum absolute atomic E-state index is 4.81. The Labute approximate surface area is 140 Å². The van der Waals surface area contributed by atoms with Crippen LogP contribution in [0.2, 0.25) is 0 Å². The average Bonchev–Trinajstić information content (AvgIpc) is 3.26. The maximum Gasteiger partial charge on any atom is 0.161 e. The third-order valence-corrected chi connectivity index (χ3v) is 4.82. The Hall–Kier alpha value is -0.690. The van der Waals surface area contributed by atoms with Crippen molar-refractivity contribution in [3.05, 3.63) is 38.0 Å². The highest BCUT2D eigenvalue weighted by molar-refractivity contribution is 14.1. The van der Waals surface area contributed by atoms with E-state index in [1.54, 1.807) is 0 Å². The van der Waals surface area contributed by atoms with Crippen molar-refractivity contribution >= 4 is 44.3 Å². The SMILES string of the molecule is CCNc1nc(-c2cccc(Br)c2)nc(C2CC2)c1I. The van der Waals surface area contributed by atoms with Gasteiger partial charge in [0.1, 0.15) is 5.82 Å². The summed E-state index contributed by atoms with van der Waals surface area (Å²) in [4.78, 5) is 9.50. The monoisotopic (exact) mass is 443 g/mol. The van der Waals surface area contributed by atoms with Crippen LogP contribution in [0.4, 0.5) is 5.82 Å². The summed E-state index contributed by atoms with van der Waals surface area (Å²) in [6, 6.07) is 8.15. The van der Waals surface area contributed by atoms with Gasteiger partial charge in [0.25, 0.3) is 0 Å². The molecule has 1 fully saturated rings. The van der Waals surface area contributed by atoms with Crippen LogP contribution in [0, 0.1) is 3.57 Å². The third kappa shape index (κ3) is 2.98. The number of halogens is 2. The van der Waals surface area contributed by atoms with Gasteiger partial charge >= 0.3 is 0 Å². The molecule has 20 heavy (non-hydrogen) atoms. The van der Waals surface area contributed by atoms with Gasteiger partial charge in [0, 0.05) is 22.5 Å². The lowest BCUT2D eigenvalue weighted by Crippen LogP contribution is -2.07. The molecule has 0 bridgehead atoms. The molecule has 1 aliphatic rings. The molecule has 104 valence electrons. The van der Waals surface area contributed by atoms with Crippen LogP contribution in [-0.4, -0.2) is 16.5 Å². The lowest BCUT2D eigenvalue weighted by atomic mass is 10.2. The molecular formula is C15H15BrIN3. The first-order chi connectivity index (χ1) is 9.69. The van der Waals surface area contributed by atoms with Crippen LogP contribution in [0.15, 0.2) is 28.7 Å². The van der Waals surface area contributed by atoms with E-state index in [9.17, 15) is 0 Å². The number of nitrogens with zero attached hydrogens (tertiary/aromatic N) is 2. The van der Waals surface area contributed by atoms with E-state index in [2.05, 4.69) is 62.9 Å². The van der Waals surface area contributed by atoms with E-state index in [-0.39, 0.29) is 0 Å². The van der Waals surface area contributed by atoms with Crippen molar-refractivity contribution in [2.24, 2.45) is 0 Å². The summed E-state index contributed by atoms with van der Waals surface area (Å²) in [5.41, 5.74) is 2.25. The molecule has 0 unspecified atom stereocenters. The van der Waals surface area contributed by atoms with E-state index in [0.717, 1.165) is 28.2 Å². The molecular weight excluding hydrogens is 429 g/mol. The molecule has 1 aromatic carbocycles. The molecule has 0 spiro atoms. The Kier molecular flexibility index (Phi) is 4.26. The van der Waals surface area contributed by atoms with Gasteiger partial charge in [-0.15, -0.1) is 0 Å². The highest BCUT2D eigenvalue weighted by atomic mass is 127. The van der Waals surface area contributed by atoms with Crippen molar-refractivity contribution in [1.29, 1.82) is 0 Å². The highest BCUT2D eigenvalue weighted by Crippen LogP contribution is 2.43. The van der Waals surface area contributed by atoms with Gasteiger partial charge in [0.15, 0.2) is 5.82 Å². The first kappa shape index (κ1) is 14.3. The summed E-state index contributed by atoms with van der Waals surface area (Å²) in [5, 5.41) is 3.35. The van der Waals surface area contributed by atoms with E-state index >= 15 is 0 Å². The van der Waals surface area contributed by atoms with E-state index in [1.807, 2.05) is 12.1 Å². The second-order valence-corrected chi connectivity index (χ2v) is 6.90. The van der Waals surface area contributed by atoms with Gasteiger partial charge in [-0.1, -0.05) is 28.1 Å². The number of aromatic nitrogens is 2. The smallest absolute Gasteiger partial charge is 0.161 e. The largest absolute Gasteiger partial charge is 0.369 e. The molecule has 3 nitrogen and oxygen atoms in total. The van der Waals surface area contributed by atoms with Crippen LogP contribution in [0.3, 0.4) is 0 Å². The Morgan fingerprint density at radius 1 is 1.35 bits per heavy atom. The van der Waals surface area contributed by atoms with Crippen molar-refractivity contribution in [1.82, 2.24) is 9.97 Å². The van der Waals surface area contributed by atoms with Gasteiger partial charge in [-0.05, 0) is 54.5 Å². The molecule has 3 rings (SSSR count). The van der Waals surface area contributed by atoms with Crippen LogP contribution >= 0.6 is 38.5 Å². The molecule has 2 aromatic rings. The Morgan fingerprint density at radius 2 is 2.15 bits per heavy atom. The molecule has 5 heteroatoms. The maximum atomic E-state index is 4.81. The number of benzene rings is 1. The minimum atomic E-state index is 0.619. The zero-order valence-electron chi connectivity index (χ0n) is 11.2. The summed E-state index contributed by atoms with van der Waals surface area (Å²) < 4.78 is 2.22. The molecule has 0 atom stereocenters. The molecule has 0 amide bonds. The van der Waals surface area contributed by atoms with E-state index < -0.39 is 0 Å². The molecule has 1 N–H and O–H groups in total. The summed E-state index contributed by atoms with van der Waals surface area (Å²) in [5.74, 6) is 2.39. The minimum absolute atomic E-state index is 0.619. The average molecular weight is 444 g/mol. The molecule has 0 saturated heterocycles. The first-order valence-electron chi connectivity index (χ1n) is 6.76. The lowest BCUT2D eigenvalue weighted by Gasteiger charge is -2.12. The van der Waals surface area contributed by atoms with E-state index in [0.29, 0.717) is 5.92 Å². The third-order valence-electron chi connectivity index (χ3n) is 3.27. The van der Waals surface area contributed by atoms with Crippen LogP contribution in [0.1, 0.15) is 31.4 Å². The summed E-state index contributed by atoms with van der Waals surface area (Å²) in [7, 11) is 0. The van der Waals surface area contributed by atoms with Gasteiger partial charge in [-0.3, -0.25) is 0 Å². The van der Waals surface area contributed by atoms with Gasteiger partial charge in [0.05, 0.1) is 9.26 Å². The van der Waals surface area contributed by atoms with Crippen molar-refractivity contribution < 1.29 is 0 Å². The fourth-order valence-electron chi connectivity index (χ4n) is 2.13. The number of hydrogen-bond donors (Lipinski definition) is 1. The fourth-order valence-corrected chi connectivity index (χ4v) is 3.40. The summed E-state index contributed by atoms with van der Waals surface area (Å²) in [6.07, 6.45) is 2.49. The normalized spacial score (nSPS) is 14.3. The van der Waals surface area contributed by atoms with Crippen LogP contribution < -0.4 is 5.32 Å². The van der Waals surface area contributed by atoms with Gasteiger partial charge < -0.3 is 5.32 Å².